The fraction of sp³-hybridized carbons (Fsp3) is 0. The first-order valence-electron chi connectivity index (χ1n) is 3.82. The van der Waals surface area contributed by atoms with Crippen molar-refractivity contribution in [1.29, 1.82) is 0 Å². The van der Waals surface area contributed by atoms with Crippen LogP contribution in [-0.2, 0) is 4.79 Å². The molecule has 5 nitrogen and oxygen atoms in total. The summed E-state index contributed by atoms with van der Waals surface area (Å²) in [5.41, 5.74) is -0.414. The molecule has 5 heteroatoms. The summed E-state index contributed by atoms with van der Waals surface area (Å²) in [6, 6.07) is 2.35. The van der Waals surface area contributed by atoms with E-state index in [2.05, 4.69) is 4.98 Å². The molecule has 70 valence electrons. The van der Waals surface area contributed by atoms with Gasteiger partial charge in [-0.2, -0.15) is 0 Å². The van der Waals surface area contributed by atoms with Gasteiger partial charge in [-0.15, -0.1) is 0 Å². The van der Waals surface area contributed by atoms with Crippen LogP contribution in [-0.4, -0.2) is 21.7 Å². The molecule has 1 heterocycles. The highest BCUT2D eigenvalue weighted by atomic mass is 16.3. The lowest BCUT2D eigenvalue weighted by molar-refractivity contribution is -0.111. The van der Waals surface area contributed by atoms with Crippen molar-refractivity contribution in [2.45, 2.75) is 0 Å². The Kier molecular flexibility index (Phi) is 1.60. The zero-order chi connectivity index (χ0) is 10.3. The molecule has 0 radical (unpaired) electrons. The van der Waals surface area contributed by atoms with Crippen LogP contribution < -0.4 is 5.56 Å². The van der Waals surface area contributed by atoms with Crippen molar-refractivity contribution in [2.24, 2.45) is 0 Å². The van der Waals surface area contributed by atoms with Gasteiger partial charge in [-0.25, -0.2) is 0 Å². The third-order valence-corrected chi connectivity index (χ3v) is 1.91. The van der Waals surface area contributed by atoms with Crippen molar-refractivity contribution < 1.29 is 14.7 Å². The topological polar surface area (TPSA) is 87.2 Å². The van der Waals surface area contributed by atoms with E-state index in [0.717, 1.165) is 12.1 Å². The molecule has 0 saturated carbocycles. The molecule has 1 aromatic heterocycles. The third kappa shape index (κ3) is 1.06. The van der Waals surface area contributed by atoms with Crippen LogP contribution >= 0.6 is 0 Å². The van der Waals surface area contributed by atoms with Crippen LogP contribution in [0.3, 0.4) is 0 Å². The van der Waals surface area contributed by atoms with Gasteiger partial charge >= 0.3 is 0 Å². The van der Waals surface area contributed by atoms with Gasteiger partial charge in [-0.1, -0.05) is 0 Å². The van der Waals surface area contributed by atoms with Crippen molar-refractivity contribution in [3.05, 3.63) is 39.8 Å². The minimum atomic E-state index is -0.790. The number of hydrogen-bond donors (Lipinski definition) is 2. The zero-order valence-electron chi connectivity index (χ0n) is 6.90. The summed E-state index contributed by atoms with van der Waals surface area (Å²) in [5, 5.41) is 9.29. The highest BCUT2D eigenvalue weighted by molar-refractivity contribution is 6.50. The van der Waals surface area contributed by atoms with Crippen LogP contribution in [0, 0.1) is 0 Å². The summed E-state index contributed by atoms with van der Waals surface area (Å²) in [4.78, 5) is 35.4. The molecule has 2 N–H and O–H groups in total. The minimum Gasteiger partial charge on any atom is -0.506 e. The molecule has 1 aliphatic rings. The largest absolute Gasteiger partial charge is 0.506 e. The first-order chi connectivity index (χ1) is 6.59. The van der Waals surface area contributed by atoms with Crippen LogP contribution in [0.5, 0.6) is 0 Å². The predicted molar refractivity (Wildman–Crippen MR) is 47.0 cm³/mol. The first kappa shape index (κ1) is 8.43. The Morgan fingerprint density at radius 3 is 2.57 bits per heavy atom. The van der Waals surface area contributed by atoms with Crippen LogP contribution in [0.25, 0.3) is 5.76 Å². The standard InChI is InChI=1S/C9H5NO4/c11-5-3-6(12)9(14)4-1-2-7(13)10-8(4)5/h1-3,11H,(H,10,13). The van der Waals surface area contributed by atoms with Gasteiger partial charge in [0.05, 0.1) is 11.3 Å². The lowest BCUT2D eigenvalue weighted by atomic mass is 9.98. The molecule has 0 amide bonds. The average Bonchev–Trinajstić information content (AvgIpc) is 2.14. The normalized spacial score (nSPS) is 15.0. The number of ketones is 2. The predicted octanol–water partition coefficient (Wildman–Crippen LogP) is 0.0392. The molecule has 1 aliphatic carbocycles. The van der Waals surface area contributed by atoms with Crippen LogP contribution in [0.2, 0.25) is 0 Å². The second-order valence-corrected chi connectivity index (χ2v) is 2.83. The second-order valence-electron chi connectivity index (χ2n) is 2.83. The summed E-state index contributed by atoms with van der Waals surface area (Å²) in [6.45, 7) is 0. The monoisotopic (exact) mass is 191 g/mol. The molecule has 0 unspecified atom stereocenters. The van der Waals surface area contributed by atoms with Crippen molar-refractivity contribution in [2.75, 3.05) is 0 Å². The summed E-state index contributed by atoms with van der Waals surface area (Å²) in [5.74, 6) is -1.90. The van der Waals surface area contributed by atoms with Gasteiger partial charge in [0, 0.05) is 12.1 Å². The number of carbonyl (C=O) groups excluding carboxylic acids is 2. The number of allylic oxidation sites excluding steroid dienone is 1. The molecule has 2 rings (SSSR count). The lowest BCUT2D eigenvalue weighted by Crippen LogP contribution is -2.22. The van der Waals surface area contributed by atoms with Gasteiger partial charge in [0.25, 0.3) is 0 Å². The molecule has 0 saturated heterocycles. The Bertz CT molecular complexity index is 524. The number of aromatic amines is 1. The van der Waals surface area contributed by atoms with Crippen LogP contribution in [0.15, 0.2) is 23.0 Å². The van der Waals surface area contributed by atoms with Gasteiger partial charge in [0.1, 0.15) is 5.76 Å². The van der Waals surface area contributed by atoms with E-state index < -0.39 is 17.1 Å². The number of Topliss-reactive ketones (excluding diaryl/α,β-unsaturated/α-hetero) is 1. The molecule has 0 atom stereocenters. The third-order valence-electron chi connectivity index (χ3n) is 1.91. The Balaban J connectivity index is 2.78. The number of fused-ring (bicyclic) bond motifs is 1. The average molecular weight is 191 g/mol. The van der Waals surface area contributed by atoms with Crippen LogP contribution in [0.4, 0.5) is 0 Å². The summed E-state index contributed by atoms with van der Waals surface area (Å²) < 4.78 is 0. The molecule has 0 spiro atoms. The molecule has 0 aromatic carbocycles. The van der Waals surface area contributed by atoms with Crippen molar-refractivity contribution in [3.63, 3.8) is 0 Å². The quantitative estimate of drug-likeness (QED) is 0.566. The zero-order valence-corrected chi connectivity index (χ0v) is 6.90. The van der Waals surface area contributed by atoms with Crippen molar-refractivity contribution in [3.8, 4) is 0 Å². The van der Waals surface area contributed by atoms with Gasteiger partial charge in [0.2, 0.25) is 17.1 Å². The Morgan fingerprint density at radius 2 is 1.86 bits per heavy atom. The number of aromatic nitrogens is 1. The maximum absolute atomic E-state index is 11.2. The fourth-order valence-corrected chi connectivity index (χ4v) is 1.26. The van der Waals surface area contributed by atoms with Gasteiger partial charge in [0.15, 0.2) is 0 Å². The number of rotatable bonds is 0. The number of hydrogen-bond acceptors (Lipinski definition) is 4. The van der Waals surface area contributed by atoms with E-state index in [1.807, 2.05) is 0 Å². The highest BCUT2D eigenvalue weighted by Crippen LogP contribution is 2.18. The highest BCUT2D eigenvalue weighted by Gasteiger charge is 2.25. The number of pyridine rings is 1. The Labute approximate surface area is 77.7 Å². The SMILES string of the molecule is O=C1C=C(O)c2[nH]c(=O)ccc2C1=O. The Morgan fingerprint density at radius 1 is 1.14 bits per heavy atom. The number of aliphatic hydroxyl groups is 1. The Hall–Kier alpha value is -2.17. The summed E-state index contributed by atoms with van der Waals surface area (Å²) in [6.07, 6.45) is 0.792. The van der Waals surface area contributed by atoms with E-state index in [1.54, 1.807) is 0 Å². The number of nitrogens with one attached hydrogen (secondary N) is 1. The molecule has 0 aliphatic heterocycles. The van der Waals surface area contributed by atoms with Gasteiger partial charge in [-0.3, -0.25) is 14.4 Å². The van der Waals surface area contributed by atoms with E-state index in [-0.39, 0.29) is 17.0 Å². The van der Waals surface area contributed by atoms with E-state index in [4.69, 9.17) is 0 Å². The van der Waals surface area contributed by atoms with E-state index in [0.29, 0.717) is 0 Å². The molecule has 1 aromatic rings. The maximum Gasteiger partial charge on any atom is 0.248 e. The lowest BCUT2D eigenvalue weighted by Gasteiger charge is -2.09. The van der Waals surface area contributed by atoms with E-state index in [1.165, 1.54) is 6.07 Å². The summed E-state index contributed by atoms with van der Waals surface area (Å²) in [7, 11) is 0. The smallest absolute Gasteiger partial charge is 0.248 e. The fourth-order valence-electron chi connectivity index (χ4n) is 1.26. The number of H-pyrrole nitrogens is 1. The minimum absolute atomic E-state index is 0.00194. The summed E-state index contributed by atoms with van der Waals surface area (Å²) >= 11 is 0. The van der Waals surface area contributed by atoms with Gasteiger partial charge < -0.3 is 10.1 Å². The van der Waals surface area contributed by atoms with Crippen LogP contribution in [0.1, 0.15) is 16.1 Å². The maximum atomic E-state index is 11.2. The molecule has 0 fully saturated rings. The van der Waals surface area contributed by atoms with E-state index >= 15 is 0 Å². The van der Waals surface area contributed by atoms with E-state index in [9.17, 15) is 19.5 Å². The second kappa shape index (κ2) is 2.66. The first-order valence-corrected chi connectivity index (χ1v) is 3.82. The number of carbonyl (C=O) groups is 2. The van der Waals surface area contributed by atoms with Crippen molar-refractivity contribution in [1.82, 2.24) is 4.98 Å². The molecular formula is C9H5NO4. The molecule has 0 bridgehead atoms. The molecule has 14 heavy (non-hydrogen) atoms. The number of aliphatic hydroxyl groups excluding tert-OH is 1. The van der Waals surface area contributed by atoms with Crippen molar-refractivity contribution >= 4 is 17.3 Å². The molecular weight excluding hydrogens is 186 g/mol. The van der Waals surface area contributed by atoms with Gasteiger partial charge in [-0.05, 0) is 6.07 Å².